The highest BCUT2D eigenvalue weighted by atomic mass is 17.2. The Morgan fingerprint density at radius 2 is 2.00 bits per heavy atom. The molecule has 0 saturated carbocycles. The van der Waals surface area contributed by atoms with Gasteiger partial charge >= 0.3 is 25.0 Å². The number of hydrogen-bond donors (Lipinski definition) is 2. The van der Waals surface area contributed by atoms with Crippen molar-refractivity contribution in [2.45, 2.75) is 12.8 Å². The predicted octanol–water partition coefficient (Wildman–Crippen LogP) is 0.863. The minimum Gasteiger partial charge on any atom is -0.140 e. The average molecular weight is 282 g/mol. The number of hydrogen-bond acceptors (Lipinski definition) is 6. The molecular weight excluding hydrogens is 264 g/mol. The Hall–Kier alpha value is -2.61. The zero-order valence-corrected chi connectivity index (χ0v) is 11.2. The number of allylic oxidation sites excluding steroid dienone is 1. The lowest BCUT2D eigenvalue weighted by Crippen LogP contribution is -2.59. The van der Waals surface area contributed by atoms with E-state index in [-0.39, 0.29) is 6.54 Å². The number of quaternary nitrogens is 1. The fraction of sp³-hybridized carbons (Fsp3) is 0.400. The smallest absolute Gasteiger partial charge is 0.140 e. The molecule has 0 spiro atoms. The standard InChI is InChI=1S/C10H18N8O2/c1-6-7-8-9-10-18(11,19-16(12-2)13-3)20-17(14-4)15-5/h2-4,7,15H,1,8-11H2,5H3/q+4. The first kappa shape index (κ1) is 17.4. The summed E-state index contributed by atoms with van der Waals surface area (Å²) in [5.41, 5.74) is 5.12. The number of nitrogens with one attached hydrogen (secondary N) is 1. The Bertz CT molecular complexity index is 455. The van der Waals surface area contributed by atoms with E-state index in [0.717, 1.165) is 5.28 Å². The third kappa shape index (κ3) is 6.36. The second-order valence-electron chi connectivity index (χ2n) is 3.26. The highest BCUT2D eigenvalue weighted by Gasteiger charge is 2.45. The summed E-state index contributed by atoms with van der Waals surface area (Å²) in [7, 11) is 1.50. The quantitative estimate of drug-likeness (QED) is 0.215. The Morgan fingerprint density at radius 3 is 2.45 bits per heavy atom. The van der Waals surface area contributed by atoms with E-state index in [1.54, 1.807) is 6.08 Å². The van der Waals surface area contributed by atoms with Gasteiger partial charge in [-0.3, -0.25) is 0 Å². The lowest BCUT2D eigenvalue weighted by atomic mass is 10.3. The van der Waals surface area contributed by atoms with Crippen LogP contribution in [0.15, 0.2) is 18.4 Å². The Labute approximate surface area is 117 Å². The molecule has 0 aliphatic heterocycles. The van der Waals surface area contributed by atoms with Gasteiger partial charge in [-0.15, -0.1) is 17.0 Å². The van der Waals surface area contributed by atoms with Crippen molar-refractivity contribution in [3.63, 3.8) is 0 Å². The van der Waals surface area contributed by atoms with Crippen LogP contribution < -0.4 is 11.3 Å². The number of hydrazine groups is 1. The summed E-state index contributed by atoms with van der Waals surface area (Å²) in [6.07, 6.45) is 2.93. The van der Waals surface area contributed by atoms with Gasteiger partial charge in [0.25, 0.3) is 0 Å². The van der Waals surface area contributed by atoms with Crippen LogP contribution in [0.5, 0.6) is 0 Å². The van der Waals surface area contributed by atoms with Gasteiger partial charge in [0.15, 0.2) is 16.5 Å². The van der Waals surface area contributed by atoms with Crippen LogP contribution in [0.25, 0.3) is 14.9 Å². The van der Waals surface area contributed by atoms with Crippen molar-refractivity contribution in [1.29, 1.82) is 0 Å². The maximum atomic E-state index is 5.86. The van der Waals surface area contributed by atoms with Crippen LogP contribution in [-0.4, -0.2) is 29.1 Å². The fourth-order valence-electron chi connectivity index (χ4n) is 1.06. The summed E-state index contributed by atoms with van der Waals surface area (Å²) in [6.45, 7) is 18.7. The third-order valence-electron chi connectivity index (χ3n) is 1.88. The first-order valence-corrected chi connectivity index (χ1v) is 5.45. The topological polar surface area (TPSA) is 76.1 Å². The molecule has 1 atom stereocenters. The highest BCUT2D eigenvalue weighted by Crippen LogP contribution is 2.11. The van der Waals surface area contributed by atoms with Gasteiger partial charge in [0.1, 0.15) is 14.8 Å². The maximum absolute atomic E-state index is 5.86. The van der Waals surface area contributed by atoms with Crippen LogP contribution in [0.1, 0.15) is 12.8 Å². The SMILES string of the molecule is C#[N+]N([N+]#C)O[N+](N)(CCCC=C=C)ON([N+]#C)NC. The summed E-state index contributed by atoms with van der Waals surface area (Å²) >= 11 is 0. The molecule has 0 aliphatic carbocycles. The van der Waals surface area contributed by atoms with Crippen LogP contribution in [-0.2, 0) is 9.88 Å². The van der Waals surface area contributed by atoms with Gasteiger partial charge in [0, 0.05) is 13.5 Å². The summed E-state index contributed by atoms with van der Waals surface area (Å²) < 4.78 is 0. The fourth-order valence-corrected chi connectivity index (χ4v) is 1.06. The van der Waals surface area contributed by atoms with Gasteiger partial charge in [-0.1, -0.05) is 6.58 Å². The van der Waals surface area contributed by atoms with Crippen LogP contribution >= 0.6 is 0 Å². The van der Waals surface area contributed by atoms with Crippen molar-refractivity contribution >= 4 is 0 Å². The molecule has 0 aromatic rings. The van der Waals surface area contributed by atoms with E-state index in [1.807, 2.05) is 0 Å². The highest BCUT2D eigenvalue weighted by molar-refractivity contribution is 4.74. The summed E-state index contributed by atoms with van der Waals surface area (Å²) in [5.74, 6) is 5.86. The second-order valence-corrected chi connectivity index (χ2v) is 3.26. The van der Waals surface area contributed by atoms with Crippen LogP contribution in [0, 0.1) is 19.7 Å². The Balaban J connectivity index is 4.83. The maximum Gasteiger partial charge on any atom is 0.510 e. The molecule has 0 aliphatic rings. The molecular formula is C10H18N8O2+4. The zero-order valence-electron chi connectivity index (χ0n) is 11.2. The van der Waals surface area contributed by atoms with E-state index in [4.69, 9.17) is 35.4 Å². The molecule has 106 valence electrons. The van der Waals surface area contributed by atoms with E-state index in [0.29, 0.717) is 18.1 Å². The Kier molecular flexibility index (Phi) is 8.12. The number of nitrogens with zero attached hydrogens (tertiary/aromatic N) is 6. The van der Waals surface area contributed by atoms with Gasteiger partial charge < -0.3 is 0 Å². The van der Waals surface area contributed by atoms with Crippen molar-refractivity contribution in [2.24, 2.45) is 5.84 Å². The van der Waals surface area contributed by atoms with E-state index in [1.165, 1.54) is 7.05 Å². The molecule has 0 rings (SSSR count). The molecule has 0 aromatic carbocycles. The monoisotopic (exact) mass is 282 g/mol. The minimum absolute atomic E-state index is 0.160. The van der Waals surface area contributed by atoms with Crippen molar-refractivity contribution in [3.8, 4) is 19.7 Å². The van der Waals surface area contributed by atoms with E-state index in [9.17, 15) is 0 Å². The molecule has 0 amide bonds. The predicted molar refractivity (Wildman–Crippen MR) is 72.1 cm³/mol. The van der Waals surface area contributed by atoms with Crippen molar-refractivity contribution in [3.05, 3.63) is 33.2 Å². The van der Waals surface area contributed by atoms with Crippen LogP contribution in [0.3, 0.4) is 0 Å². The molecule has 0 aromatic heterocycles. The largest absolute Gasteiger partial charge is 0.510 e. The van der Waals surface area contributed by atoms with Crippen LogP contribution in [0.4, 0.5) is 0 Å². The molecule has 3 N–H and O–H groups in total. The lowest BCUT2D eigenvalue weighted by Gasteiger charge is -2.19. The first-order chi connectivity index (χ1) is 9.55. The van der Waals surface area contributed by atoms with E-state index in [2.05, 4.69) is 32.6 Å². The van der Waals surface area contributed by atoms with Gasteiger partial charge in [-0.2, -0.15) is 0 Å². The number of unbranched alkanes of at least 4 members (excludes halogenated alkanes) is 1. The van der Waals surface area contributed by atoms with E-state index >= 15 is 0 Å². The van der Waals surface area contributed by atoms with Crippen molar-refractivity contribution in [1.82, 2.24) is 16.0 Å². The molecule has 0 saturated heterocycles. The van der Waals surface area contributed by atoms with Gasteiger partial charge in [-0.05, 0) is 12.5 Å². The normalized spacial score (nSPS) is 11.9. The summed E-state index contributed by atoms with van der Waals surface area (Å²) in [4.78, 5) is 18.7. The van der Waals surface area contributed by atoms with Gasteiger partial charge in [-0.25, -0.2) is 0 Å². The molecule has 1 unspecified atom stereocenters. The minimum atomic E-state index is -0.978. The zero-order chi connectivity index (χ0) is 15.4. The van der Waals surface area contributed by atoms with Crippen LogP contribution in [0.2, 0.25) is 0 Å². The van der Waals surface area contributed by atoms with Crippen molar-refractivity contribution < 1.29 is 14.8 Å². The first-order valence-electron chi connectivity index (χ1n) is 5.45. The molecule has 0 heterocycles. The number of rotatable bonds is 9. The third-order valence-corrected chi connectivity index (χ3v) is 1.88. The Morgan fingerprint density at radius 1 is 1.35 bits per heavy atom. The number of nitrogens with two attached hydrogens (primary N) is 1. The lowest BCUT2D eigenvalue weighted by molar-refractivity contribution is -1.29. The van der Waals surface area contributed by atoms with Gasteiger partial charge in [0.05, 0.1) is 4.94 Å². The molecule has 0 fully saturated rings. The molecule has 0 radical (unpaired) electrons. The number of hydroxylamine groups is 2. The summed E-state index contributed by atoms with van der Waals surface area (Å²) in [5, 5.41) is 1.25. The van der Waals surface area contributed by atoms with E-state index < -0.39 is 4.92 Å². The molecule has 10 heteroatoms. The molecule has 0 bridgehead atoms. The second kappa shape index (κ2) is 9.34. The molecule has 10 nitrogen and oxygen atoms in total. The van der Waals surface area contributed by atoms with Gasteiger partial charge in [0.2, 0.25) is 5.28 Å². The van der Waals surface area contributed by atoms with Crippen molar-refractivity contribution in [2.75, 3.05) is 13.6 Å². The average Bonchev–Trinajstić information content (AvgIpc) is 2.47. The summed E-state index contributed by atoms with van der Waals surface area (Å²) in [6, 6.07) is 0. The molecule has 20 heavy (non-hydrogen) atoms.